The van der Waals surface area contributed by atoms with Gasteiger partial charge in [-0.25, -0.2) is 0 Å². The number of unbranched alkanes of at least 4 members (excludes halogenated alkanes) is 2. The van der Waals surface area contributed by atoms with Crippen LogP contribution in [0.15, 0.2) is 12.2 Å². The van der Waals surface area contributed by atoms with Gasteiger partial charge in [0.1, 0.15) is 0 Å². The standard InChI is InChI=1S/C7H13ClO/c8-6-4-2-1-3-5-7-9/h3,5,9H,1-2,4,6-7H2/b5-3+. The van der Waals surface area contributed by atoms with Gasteiger partial charge < -0.3 is 5.11 Å². The second-order valence-electron chi connectivity index (χ2n) is 1.84. The van der Waals surface area contributed by atoms with Crippen LogP contribution in [0.25, 0.3) is 0 Å². The molecule has 0 heterocycles. The fraction of sp³-hybridized carbons (Fsp3) is 0.714. The normalized spacial score (nSPS) is 10.9. The monoisotopic (exact) mass is 148 g/mol. The molecule has 54 valence electrons. The van der Waals surface area contributed by atoms with Crippen LogP contribution >= 0.6 is 11.6 Å². The number of alkyl halides is 1. The smallest absolute Gasteiger partial charge is 0.0612 e. The van der Waals surface area contributed by atoms with E-state index < -0.39 is 0 Å². The molecule has 0 spiro atoms. The number of rotatable bonds is 5. The van der Waals surface area contributed by atoms with Crippen LogP contribution in [0.1, 0.15) is 19.3 Å². The number of aliphatic hydroxyl groups is 1. The third-order valence-corrected chi connectivity index (χ3v) is 1.29. The Kier molecular flexibility index (Phi) is 7.98. The molecule has 0 amide bonds. The van der Waals surface area contributed by atoms with Crippen LogP contribution in [0.4, 0.5) is 0 Å². The second-order valence-corrected chi connectivity index (χ2v) is 2.22. The number of hydrogen-bond donors (Lipinski definition) is 1. The van der Waals surface area contributed by atoms with E-state index in [0.717, 1.165) is 25.1 Å². The highest BCUT2D eigenvalue weighted by molar-refractivity contribution is 6.17. The van der Waals surface area contributed by atoms with Crippen molar-refractivity contribution in [1.82, 2.24) is 0 Å². The molecule has 0 aliphatic heterocycles. The van der Waals surface area contributed by atoms with Gasteiger partial charge >= 0.3 is 0 Å². The van der Waals surface area contributed by atoms with Gasteiger partial charge in [0.2, 0.25) is 0 Å². The van der Waals surface area contributed by atoms with Gasteiger partial charge in [0.25, 0.3) is 0 Å². The third-order valence-electron chi connectivity index (χ3n) is 1.03. The molecule has 9 heavy (non-hydrogen) atoms. The van der Waals surface area contributed by atoms with Gasteiger partial charge in [-0.05, 0) is 19.3 Å². The van der Waals surface area contributed by atoms with Gasteiger partial charge in [-0.2, -0.15) is 0 Å². The zero-order chi connectivity index (χ0) is 6.95. The summed E-state index contributed by atoms with van der Waals surface area (Å²) >= 11 is 5.44. The molecule has 0 radical (unpaired) electrons. The van der Waals surface area contributed by atoms with E-state index >= 15 is 0 Å². The van der Waals surface area contributed by atoms with E-state index in [4.69, 9.17) is 16.7 Å². The predicted octanol–water partition coefficient (Wildman–Crippen LogP) is 1.94. The van der Waals surface area contributed by atoms with Crippen molar-refractivity contribution in [2.45, 2.75) is 19.3 Å². The van der Waals surface area contributed by atoms with Crippen LogP contribution in [0.2, 0.25) is 0 Å². The van der Waals surface area contributed by atoms with E-state index in [9.17, 15) is 0 Å². The molecule has 0 aliphatic rings. The van der Waals surface area contributed by atoms with E-state index in [-0.39, 0.29) is 6.61 Å². The van der Waals surface area contributed by atoms with E-state index in [0.29, 0.717) is 0 Å². The van der Waals surface area contributed by atoms with Crippen molar-refractivity contribution >= 4 is 11.6 Å². The summed E-state index contributed by atoms with van der Waals surface area (Å²) in [4.78, 5) is 0. The van der Waals surface area contributed by atoms with Crippen molar-refractivity contribution in [2.75, 3.05) is 12.5 Å². The zero-order valence-corrected chi connectivity index (χ0v) is 6.27. The quantitative estimate of drug-likeness (QED) is 0.359. The highest BCUT2D eigenvalue weighted by Crippen LogP contribution is 1.97. The van der Waals surface area contributed by atoms with E-state index in [2.05, 4.69) is 0 Å². The van der Waals surface area contributed by atoms with Gasteiger partial charge in [0, 0.05) is 5.88 Å². The van der Waals surface area contributed by atoms with Crippen molar-refractivity contribution in [3.63, 3.8) is 0 Å². The molecule has 0 saturated carbocycles. The minimum Gasteiger partial charge on any atom is -0.392 e. The highest BCUT2D eigenvalue weighted by Gasteiger charge is 1.80. The van der Waals surface area contributed by atoms with Gasteiger partial charge in [-0.15, -0.1) is 11.6 Å². The first kappa shape index (κ1) is 8.99. The van der Waals surface area contributed by atoms with Crippen molar-refractivity contribution < 1.29 is 5.11 Å². The summed E-state index contributed by atoms with van der Waals surface area (Å²) in [7, 11) is 0. The molecular weight excluding hydrogens is 136 g/mol. The number of halogens is 1. The Morgan fingerprint density at radius 1 is 1.22 bits per heavy atom. The predicted molar refractivity (Wildman–Crippen MR) is 40.8 cm³/mol. The fourth-order valence-corrected chi connectivity index (χ4v) is 0.738. The molecule has 1 N–H and O–H groups in total. The molecule has 1 nitrogen and oxygen atoms in total. The summed E-state index contributed by atoms with van der Waals surface area (Å²) in [6.07, 6.45) is 6.96. The molecule has 0 unspecified atom stereocenters. The summed E-state index contributed by atoms with van der Waals surface area (Å²) < 4.78 is 0. The maximum atomic E-state index is 8.31. The summed E-state index contributed by atoms with van der Waals surface area (Å²) in [5, 5.41) is 8.31. The minimum atomic E-state index is 0.154. The summed E-state index contributed by atoms with van der Waals surface area (Å²) in [6.45, 7) is 0.154. The summed E-state index contributed by atoms with van der Waals surface area (Å²) in [5.41, 5.74) is 0. The van der Waals surface area contributed by atoms with Crippen LogP contribution < -0.4 is 0 Å². The summed E-state index contributed by atoms with van der Waals surface area (Å²) in [6, 6.07) is 0. The van der Waals surface area contributed by atoms with Crippen LogP contribution in [0, 0.1) is 0 Å². The Morgan fingerprint density at radius 2 is 2.00 bits per heavy atom. The van der Waals surface area contributed by atoms with Crippen molar-refractivity contribution in [1.29, 1.82) is 0 Å². The van der Waals surface area contributed by atoms with Gasteiger partial charge in [-0.3, -0.25) is 0 Å². The maximum Gasteiger partial charge on any atom is 0.0612 e. The Bertz CT molecular complexity index is 71.3. The molecule has 0 saturated heterocycles. The fourth-order valence-electron chi connectivity index (χ4n) is 0.549. The summed E-state index contributed by atoms with van der Waals surface area (Å²) in [5.74, 6) is 0.743. The first-order valence-electron chi connectivity index (χ1n) is 3.23. The largest absolute Gasteiger partial charge is 0.392 e. The van der Waals surface area contributed by atoms with Gasteiger partial charge in [0.15, 0.2) is 0 Å². The van der Waals surface area contributed by atoms with E-state index in [1.54, 1.807) is 6.08 Å². The Balaban J connectivity index is 2.82. The maximum absolute atomic E-state index is 8.31. The van der Waals surface area contributed by atoms with E-state index in [1.807, 2.05) is 6.08 Å². The molecule has 0 rings (SSSR count). The lowest BCUT2D eigenvalue weighted by Gasteiger charge is -1.88. The first-order valence-corrected chi connectivity index (χ1v) is 3.77. The third kappa shape index (κ3) is 7.99. The number of allylic oxidation sites excluding steroid dienone is 1. The molecular formula is C7H13ClO. The van der Waals surface area contributed by atoms with Crippen molar-refractivity contribution in [2.24, 2.45) is 0 Å². The number of hydrogen-bond acceptors (Lipinski definition) is 1. The van der Waals surface area contributed by atoms with Gasteiger partial charge in [-0.1, -0.05) is 12.2 Å². The SMILES string of the molecule is OC/C=C/CCCCCl. The Morgan fingerprint density at radius 3 is 2.56 bits per heavy atom. The molecule has 0 aromatic rings. The molecule has 2 heteroatoms. The Labute approximate surface area is 61.3 Å². The zero-order valence-electron chi connectivity index (χ0n) is 5.52. The minimum absolute atomic E-state index is 0.154. The molecule has 0 bridgehead atoms. The Hall–Kier alpha value is -0.0100. The lowest BCUT2D eigenvalue weighted by Crippen LogP contribution is -1.75. The average Bonchev–Trinajstić information content (AvgIpc) is 1.89. The first-order chi connectivity index (χ1) is 4.41. The highest BCUT2D eigenvalue weighted by atomic mass is 35.5. The van der Waals surface area contributed by atoms with Crippen LogP contribution in [-0.4, -0.2) is 17.6 Å². The average molecular weight is 149 g/mol. The van der Waals surface area contributed by atoms with Crippen molar-refractivity contribution in [3.8, 4) is 0 Å². The molecule has 0 aliphatic carbocycles. The lowest BCUT2D eigenvalue weighted by molar-refractivity contribution is 0.342. The molecule has 0 aromatic heterocycles. The molecule has 0 fully saturated rings. The number of aliphatic hydroxyl groups excluding tert-OH is 1. The second kappa shape index (κ2) is 7.99. The molecule has 0 aromatic carbocycles. The lowest BCUT2D eigenvalue weighted by atomic mass is 10.2. The van der Waals surface area contributed by atoms with E-state index in [1.165, 1.54) is 0 Å². The van der Waals surface area contributed by atoms with Crippen LogP contribution in [0.5, 0.6) is 0 Å². The van der Waals surface area contributed by atoms with Crippen LogP contribution in [0.3, 0.4) is 0 Å². The van der Waals surface area contributed by atoms with Gasteiger partial charge in [0.05, 0.1) is 6.61 Å². The topological polar surface area (TPSA) is 20.2 Å². The van der Waals surface area contributed by atoms with Crippen LogP contribution in [-0.2, 0) is 0 Å². The van der Waals surface area contributed by atoms with Crippen molar-refractivity contribution in [3.05, 3.63) is 12.2 Å². The molecule has 0 atom stereocenters.